The van der Waals surface area contributed by atoms with Gasteiger partial charge in [0, 0.05) is 68.8 Å². The molecule has 0 spiro atoms. The van der Waals surface area contributed by atoms with Crippen molar-refractivity contribution in [3.05, 3.63) is 66.0 Å². The number of hydrogen-bond acceptors (Lipinski definition) is 19. The maximum atomic E-state index is 14.9. The highest BCUT2D eigenvalue weighted by molar-refractivity contribution is 8.00. The number of fused-ring (bicyclic) bond motifs is 3. The minimum absolute atomic E-state index is 0.0202. The number of hydrogen-bond donors (Lipinski definition) is 18. The first-order valence-corrected chi connectivity index (χ1v) is 34.8. The number of thioether (sulfide) groups is 1. The first kappa shape index (κ1) is 78.8. The summed E-state index contributed by atoms with van der Waals surface area (Å²) in [5, 5.41) is 57.6. The van der Waals surface area contributed by atoms with Crippen molar-refractivity contribution in [1.29, 1.82) is 10.8 Å². The van der Waals surface area contributed by atoms with E-state index in [2.05, 4.69) is 84.1 Å². The number of aryl methyl sites for hydroxylation is 2. The summed E-state index contributed by atoms with van der Waals surface area (Å²) in [4.78, 5) is 146. The number of guanidine groups is 2. The van der Waals surface area contributed by atoms with Crippen LogP contribution in [0.1, 0.15) is 114 Å². The Morgan fingerprint density at radius 3 is 1.93 bits per heavy atom. The molecule has 11 amide bonds. The quantitative estimate of drug-likeness (QED) is 0.0125. The number of amides is 11. The number of imidazole rings is 1. The molecule has 2 saturated heterocycles. The minimum atomic E-state index is -1.41. The average Bonchev–Trinajstić information content (AvgIpc) is 1.68. The van der Waals surface area contributed by atoms with Crippen LogP contribution in [0.15, 0.2) is 49.1 Å². The normalized spacial score (nSPS) is 22.9. The number of carbonyl (C=O) groups is 10. The topological polar surface area (TPSA) is 528 Å². The van der Waals surface area contributed by atoms with Gasteiger partial charge in [-0.15, -0.1) is 5.10 Å². The number of nitrogens with one attached hydrogen (secondary N) is 15. The minimum Gasteiger partial charge on any atom is -0.377 e. The number of H-pyrrole nitrogens is 1. The van der Waals surface area contributed by atoms with Crippen molar-refractivity contribution in [3.8, 4) is 0 Å². The van der Waals surface area contributed by atoms with E-state index < -0.39 is 96.2 Å². The lowest BCUT2D eigenvalue weighted by Gasteiger charge is -2.28. The summed E-state index contributed by atoms with van der Waals surface area (Å²) in [6.45, 7) is 4.70. The number of rotatable bonds is 33. The van der Waals surface area contributed by atoms with Crippen LogP contribution < -0.4 is 81.0 Å². The number of unbranched alkanes of at least 4 members (excludes halogenated alkanes) is 1. The molecule has 35 nitrogen and oxygen atoms in total. The summed E-state index contributed by atoms with van der Waals surface area (Å²) in [5.41, 5.74) is 18.3. The first-order chi connectivity index (χ1) is 47.6. The predicted molar refractivity (Wildman–Crippen MR) is 365 cm³/mol. The molecule has 36 heteroatoms. The van der Waals surface area contributed by atoms with Crippen LogP contribution in [0.5, 0.6) is 0 Å². The summed E-state index contributed by atoms with van der Waals surface area (Å²) in [7, 11) is 0. The molecule has 3 aromatic rings. The van der Waals surface area contributed by atoms with E-state index in [1.807, 2.05) is 25.6 Å². The lowest BCUT2D eigenvalue weighted by atomic mass is 10.00. The van der Waals surface area contributed by atoms with Gasteiger partial charge in [-0.25, -0.2) is 9.78 Å². The lowest BCUT2D eigenvalue weighted by molar-refractivity contribution is -0.136. The Labute approximate surface area is 579 Å². The van der Waals surface area contributed by atoms with Gasteiger partial charge in [-0.3, -0.25) is 58.7 Å². The Morgan fingerprint density at radius 1 is 0.667 bits per heavy atom. The van der Waals surface area contributed by atoms with Crippen LogP contribution in [0, 0.1) is 16.7 Å². The summed E-state index contributed by atoms with van der Waals surface area (Å²) in [6.07, 6.45) is 8.38. The second-order valence-corrected chi connectivity index (χ2v) is 26.2. The van der Waals surface area contributed by atoms with Crippen molar-refractivity contribution >= 4 is 82.9 Å². The number of primary amides is 1. The molecule has 2 bridgehead atoms. The number of carbonyl (C=O) groups excluding carboxylic acids is 10. The van der Waals surface area contributed by atoms with E-state index in [4.69, 9.17) is 42.2 Å². The highest BCUT2D eigenvalue weighted by atomic mass is 32.2. The number of ether oxygens (including phenoxy) is 3. The van der Waals surface area contributed by atoms with Crippen LogP contribution >= 0.6 is 11.8 Å². The van der Waals surface area contributed by atoms with Gasteiger partial charge in [-0.05, 0) is 88.5 Å². The van der Waals surface area contributed by atoms with Crippen molar-refractivity contribution < 1.29 is 62.2 Å². The molecule has 2 aromatic heterocycles. The summed E-state index contributed by atoms with van der Waals surface area (Å²) in [6, 6.07) is -0.465. The molecule has 1 aromatic carbocycles. The van der Waals surface area contributed by atoms with E-state index >= 15 is 0 Å². The van der Waals surface area contributed by atoms with Gasteiger partial charge in [-0.1, -0.05) is 55.8 Å². The molecule has 3 aliphatic heterocycles. The molecule has 0 unspecified atom stereocenters. The van der Waals surface area contributed by atoms with Crippen LogP contribution in [0.4, 0.5) is 4.79 Å². The number of nitrogens with two attached hydrogens (primary N) is 3. The molecule has 2 fully saturated rings. The summed E-state index contributed by atoms with van der Waals surface area (Å²) < 4.78 is 18.3. The highest BCUT2D eigenvalue weighted by Crippen LogP contribution is 2.33. The van der Waals surface area contributed by atoms with Crippen molar-refractivity contribution in [2.24, 2.45) is 23.1 Å². The zero-order valence-electron chi connectivity index (χ0n) is 56.3. The molecule has 5 heterocycles. The molecular weight excluding hydrogens is 1300 g/mol. The van der Waals surface area contributed by atoms with Gasteiger partial charge in [-0.2, -0.15) is 11.8 Å². The second kappa shape index (κ2) is 42.6. The van der Waals surface area contributed by atoms with E-state index in [0.29, 0.717) is 42.3 Å². The van der Waals surface area contributed by atoms with Gasteiger partial charge in [0.25, 0.3) is 0 Å². The van der Waals surface area contributed by atoms with Crippen LogP contribution in [-0.4, -0.2) is 221 Å². The molecule has 546 valence electrons. The highest BCUT2D eigenvalue weighted by Gasteiger charge is 2.43. The Kier molecular flexibility index (Phi) is 33.9. The monoisotopic (exact) mass is 1400 g/mol. The molecule has 99 heavy (non-hydrogen) atoms. The Morgan fingerprint density at radius 2 is 1.28 bits per heavy atom. The second-order valence-electron chi connectivity index (χ2n) is 24.9. The van der Waals surface area contributed by atoms with E-state index in [9.17, 15) is 47.9 Å². The molecule has 0 radical (unpaired) electrons. The molecule has 21 N–H and O–H groups in total. The third-order valence-electron chi connectivity index (χ3n) is 16.4. The largest absolute Gasteiger partial charge is 0.377 e. The van der Waals surface area contributed by atoms with Crippen molar-refractivity contribution in [2.75, 3.05) is 65.0 Å². The third kappa shape index (κ3) is 29.4. The summed E-state index contributed by atoms with van der Waals surface area (Å²) in [5.74, 6) is -6.35. The SMILES string of the molecule is CC(C)C[C@H]1NC(=O)[C@@H](CCCNC(=N)N)NC(=O)[C@@H](Cc2ccccc2)NC(=O)[C@@H](CCc2c[nH]cn2)NC(=O)[C@@H](CCCNC(=N)N)NC(=O)[C@@H](NC(=O)COCCOCCOCCNC(=O)CCCC[C@@H]2SC[C@@H]3NC(=O)N[C@@H]32)Cc2cn(nn2)CCCC[C@@H](C(N)=O)NC1=O. The van der Waals surface area contributed by atoms with Gasteiger partial charge in [0.05, 0.1) is 62.8 Å². The summed E-state index contributed by atoms with van der Waals surface area (Å²) >= 11 is 1.84. The maximum absolute atomic E-state index is 14.9. The van der Waals surface area contributed by atoms with Gasteiger partial charge < -0.3 is 100 Å². The van der Waals surface area contributed by atoms with Crippen LogP contribution in [0.3, 0.4) is 0 Å². The predicted octanol–water partition coefficient (Wildman–Crippen LogP) is -3.05. The molecule has 0 aliphatic carbocycles. The number of urea groups is 1. The molecule has 6 rings (SSSR count). The Hall–Kier alpha value is -9.16. The zero-order chi connectivity index (χ0) is 71.5. The van der Waals surface area contributed by atoms with Crippen LogP contribution in [0.25, 0.3) is 0 Å². The van der Waals surface area contributed by atoms with Gasteiger partial charge >= 0.3 is 6.03 Å². The Balaban J connectivity index is 1.16. The first-order valence-electron chi connectivity index (χ1n) is 33.8. The van der Waals surface area contributed by atoms with Crippen molar-refractivity contribution in [1.82, 2.24) is 88.8 Å². The fourth-order valence-electron chi connectivity index (χ4n) is 11.3. The van der Waals surface area contributed by atoms with Crippen LogP contribution in [-0.2, 0) is 83.2 Å². The van der Waals surface area contributed by atoms with E-state index in [1.54, 1.807) is 42.7 Å². The molecule has 10 atom stereocenters. The van der Waals surface area contributed by atoms with E-state index in [1.165, 1.54) is 11.0 Å². The van der Waals surface area contributed by atoms with Gasteiger partial charge in [0.15, 0.2) is 11.9 Å². The fourth-order valence-corrected chi connectivity index (χ4v) is 12.9. The van der Waals surface area contributed by atoms with E-state index in [0.717, 1.165) is 25.0 Å². The smallest absolute Gasteiger partial charge is 0.315 e. The third-order valence-corrected chi connectivity index (χ3v) is 17.9. The van der Waals surface area contributed by atoms with Gasteiger partial charge in [0.1, 0.15) is 48.9 Å². The molecule has 0 saturated carbocycles. The standard InChI is InChI=1S/C63H100N22O13S/c1-38(2)30-46-58(92)75-42(54(64)88)14-8-9-24-85-34-41(83-84-85)32-48(74-52(87)35-98-29-28-97-27-26-96-25-23-70-51(86)18-7-6-17-50-53-49(36-99-50)81-63(95)82-53)60(94)77-43(15-10-21-71-61(65)66)55(89)78-45(20-19-40-33-69-37-73-40)57(91)80-47(31-39-12-4-3-5-13-39)59(93)76-44(56(90)79-46)16-11-22-72-62(67)68/h3-5,12-13,33-34,37-38,42-50,53H,6-11,14-32,35-36H2,1-2H3,(H2,64,88)(H,69,73)(H,70,86)(H,74,87)(H,75,92)(H,76,93)(H,77,94)(H,78,89)(H,79,90)(H,80,91)(H4,65,66,71)(H4,67,68,72)(H2,81,82,95)/t42-,43+,44+,45+,46+,47+,48-,49-,50-,53-/m0/s1. The number of nitrogens with zero attached hydrogens (tertiary/aromatic N) is 4. The van der Waals surface area contributed by atoms with E-state index in [-0.39, 0.29) is 164 Å². The van der Waals surface area contributed by atoms with Crippen molar-refractivity contribution in [3.63, 3.8) is 0 Å². The fraction of sp³-hybridized carbons (Fsp3) is 0.635. The average molecular weight is 1410 g/mol. The zero-order valence-corrected chi connectivity index (χ0v) is 57.1. The van der Waals surface area contributed by atoms with Crippen LogP contribution in [0.2, 0.25) is 0 Å². The molecular formula is C63H100N22O13S. The number of aromatic nitrogens is 5. The number of aromatic amines is 1. The molecule has 3 aliphatic rings. The Bertz CT molecular complexity index is 3110. The lowest BCUT2D eigenvalue weighted by Crippen LogP contribution is -2.60. The van der Waals surface area contributed by atoms with Crippen molar-refractivity contribution in [2.45, 2.75) is 183 Å². The van der Waals surface area contributed by atoms with Gasteiger partial charge in [0.2, 0.25) is 53.2 Å². The maximum Gasteiger partial charge on any atom is 0.315 e. The number of benzene rings is 1.